The van der Waals surface area contributed by atoms with Gasteiger partial charge in [-0.1, -0.05) is 0 Å². The van der Waals surface area contributed by atoms with Crippen LogP contribution < -0.4 is 15.5 Å². The van der Waals surface area contributed by atoms with Crippen LogP contribution in [0.1, 0.15) is 31.2 Å². The number of benzene rings is 2. The van der Waals surface area contributed by atoms with Crippen molar-refractivity contribution in [2.24, 2.45) is 0 Å². The molecule has 0 bridgehead atoms. The lowest BCUT2D eigenvalue weighted by molar-refractivity contribution is -0.137. The first-order chi connectivity index (χ1) is 13.4. The van der Waals surface area contributed by atoms with Gasteiger partial charge < -0.3 is 15.5 Å². The molecule has 1 aliphatic rings. The van der Waals surface area contributed by atoms with Gasteiger partial charge in [0.25, 0.3) is 0 Å². The van der Waals surface area contributed by atoms with Gasteiger partial charge in [-0.3, -0.25) is 4.79 Å². The molecular weight excluding hydrogens is 367 g/mol. The molecule has 1 amide bonds. The van der Waals surface area contributed by atoms with Crippen LogP contribution in [0.15, 0.2) is 48.5 Å². The molecule has 2 aromatic rings. The minimum Gasteiger partial charge on any atom is -0.385 e. The standard InChI is InChI=1S/C21H24F3N3O/c22-21(23,24)16-4-6-18(7-5-16)26-20(28)12-13-25-17-8-10-19(11-9-17)27-14-2-1-3-15-27/h4-11,25H,1-3,12-15H2,(H,26,28). The minimum absolute atomic E-state index is 0.217. The van der Waals surface area contributed by atoms with Gasteiger partial charge in [-0.2, -0.15) is 13.2 Å². The van der Waals surface area contributed by atoms with Crippen LogP contribution in [0.3, 0.4) is 0 Å². The Morgan fingerprint density at radius 2 is 1.50 bits per heavy atom. The van der Waals surface area contributed by atoms with Crippen LogP contribution in [0.5, 0.6) is 0 Å². The van der Waals surface area contributed by atoms with Crippen LogP contribution >= 0.6 is 0 Å². The summed E-state index contributed by atoms with van der Waals surface area (Å²) in [5, 5.41) is 5.80. The SMILES string of the molecule is O=C(CCNc1ccc(N2CCCCC2)cc1)Nc1ccc(C(F)(F)F)cc1. The predicted octanol–water partition coefficient (Wildman–Crippen LogP) is 5.14. The quantitative estimate of drug-likeness (QED) is 0.717. The molecule has 4 nitrogen and oxygen atoms in total. The highest BCUT2D eigenvalue weighted by Gasteiger charge is 2.29. The van der Waals surface area contributed by atoms with Gasteiger partial charge in [-0.15, -0.1) is 0 Å². The molecule has 3 rings (SSSR count). The first kappa shape index (κ1) is 20.0. The Balaban J connectivity index is 1.42. The number of piperidine rings is 1. The molecule has 0 aromatic heterocycles. The Hall–Kier alpha value is -2.70. The van der Waals surface area contributed by atoms with Crippen molar-refractivity contribution in [3.8, 4) is 0 Å². The number of nitrogens with one attached hydrogen (secondary N) is 2. The largest absolute Gasteiger partial charge is 0.416 e. The van der Waals surface area contributed by atoms with E-state index in [4.69, 9.17) is 0 Å². The molecule has 0 radical (unpaired) electrons. The Morgan fingerprint density at radius 3 is 2.11 bits per heavy atom. The third-order valence-corrected chi connectivity index (χ3v) is 4.77. The van der Waals surface area contributed by atoms with Crippen molar-refractivity contribution in [2.45, 2.75) is 31.9 Å². The highest BCUT2D eigenvalue weighted by molar-refractivity contribution is 5.91. The number of carbonyl (C=O) groups is 1. The van der Waals surface area contributed by atoms with E-state index in [2.05, 4.69) is 27.7 Å². The van der Waals surface area contributed by atoms with Crippen molar-refractivity contribution in [1.29, 1.82) is 0 Å². The molecule has 1 heterocycles. The van der Waals surface area contributed by atoms with E-state index < -0.39 is 11.7 Å². The van der Waals surface area contributed by atoms with Crippen LogP contribution in [-0.4, -0.2) is 25.5 Å². The topological polar surface area (TPSA) is 44.4 Å². The van der Waals surface area contributed by atoms with Crippen LogP contribution in [0.2, 0.25) is 0 Å². The molecule has 0 saturated carbocycles. The summed E-state index contributed by atoms with van der Waals surface area (Å²) in [6.07, 6.45) is -0.405. The van der Waals surface area contributed by atoms with E-state index in [1.54, 1.807) is 0 Å². The first-order valence-electron chi connectivity index (χ1n) is 9.48. The second kappa shape index (κ2) is 8.99. The molecule has 0 unspecified atom stereocenters. The van der Waals surface area contributed by atoms with E-state index in [9.17, 15) is 18.0 Å². The maximum absolute atomic E-state index is 12.5. The Morgan fingerprint density at radius 1 is 0.893 bits per heavy atom. The van der Waals surface area contributed by atoms with Crippen LogP contribution in [0, 0.1) is 0 Å². The Kier molecular flexibility index (Phi) is 6.44. The molecule has 1 fully saturated rings. The number of amides is 1. The van der Waals surface area contributed by atoms with Gasteiger partial charge in [0.05, 0.1) is 5.56 Å². The van der Waals surface area contributed by atoms with Crippen molar-refractivity contribution < 1.29 is 18.0 Å². The Bertz CT molecular complexity index is 767. The zero-order valence-electron chi connectivity index (χ0n) is 15.6. The molecule has 7 heteroatoms. The van der Waals surface area contributed by atoms with Gasteiger partial charge in [0.15, 0.2) is 0 Å². The molecule has 1 aliphatic heterocycles. The molecule has 2 N–H and O–H groups in total. The summed E-state index contributed by atoms with van der Waals surface area (Å²) in [5.41, 5.74) is 1.76. The van der Waals surface area contributed by atoms with Gasteiger partial charge in [-0.25, -0.2) is 0 Å². The summed E-state index contributed by atoms with van der Waals surface area (Å²) in [6.45, 7) is 2.63. The van der Waals surface area contributed by atoms with Crippen molar-refractivity contribution in [3.63, 3.8) is 0 Å². The summed E-state index contributed by atoms with van der Waals surface area (Å²) >= 11 is 0. The van der Waals surface area contributed by atoms with Gasteiger partial charge >= 0.3 is 6.18 Å². The molecule has 150 valence electrons. The number of carbonyl (C=O) groups excluding carboxylic acids is 1. The number of halogens is 3. The maximum Gasteiger partial charge on any atom is 0.416 e. The van der Waals surface area contributed by atoms with Gasteiger partial charge in [0, 0.05) is 43.1 Å². The zero-order chi connectivity index (χ0) is 20.0. The van der Waals surface area contributed by atoms with E-state index in [0.717, 1.165) is 30.9 Å². The summed E-state index contributed by atoms with van der Waals surface area (Å²) < 4.78 is 37.6. The van der Waals surface area contributed by atoms with Crippen LogP contribution in [-0.2, 0) is 11.0 Å². The number of hydrogen-bond acceptors (Lipinski definition) is 3. The molecule has 0 aliphatic carbocycles. The normalized spacial score (nSPS) is 14.6. The Labute approximate surface area is 162 Å². The average molecular weight is 391 g/mol. The van der Waals surface area contributed by atoms with E-state index in [1.165, 1.54) is 37.1 Å². The number of rotatable bonds is 6. The number of alkyl halides is 3. The van der Waals surface area contributed by atoms with Crippen molar-refractivity contribution in [1.82, 2.24) is 0 Å². The third kappa shape index (κ3) is 5.65. The fourth-order valence-corrected chi connectivity index (χ4v) is 3.23. The van der Waals surface area contributed by atoms with Gasteiger partial charge in [0.1, 0.15) is 0 Å². The van der Waals surface area contributed by atoms with E-state index in [0.29, 0.717) is 12.2 Å². The average Bonchev–Trinajstić information content (AvgIpc) is 2.69. The first-order valence-corrected chi connectivity index (χ1v) is 9.48. The van der Waals surface area contributed by atoms with Gasteiger partial charge in [-0.05, 0) is 67.8 Å². The smallest absolute Gasteiger partial charge is 0.385 e. The highest BCUT2D eigenvalue weighted by Crippen LogP contribution is 2.29. The molecule has 1 saturated heterocycles. The maximum atomic E-state index is 12.5. The lowest BCUT2D eigenvalue weighted by atomic mass is 10.1. The summed E-state index contributed by atoms with van der Waals surface area (Å²) in [5.74, 6) is -0.253. The van der Waals surface area contributed by atoms with E-state index in [-0.39, 0.29) is 12.3 Å². The minimum atomic E-state index is -4.38. The fourth-order valence-electron chi connectivity index (χ4n) is 3.23. The second-order valence-electron chi connectivity index (χ2n) is 6.89. The molecular formula is C21H24F3N3O. The van der Waals surface area contributed by atoms with Gasteiger partial charge in [0.2, 0.25) is 5.91 Å². The third-order valence-electron chi connectivity index (χ3n) is 4.77. The monoisotopic (exact) mass is 391 g/mol. The zero-order valence-corrected chi connectivity index (χ0v) is 15.6. The molecule has 0 spiro atoms. The van der Waals surface area contributed by atoms with E-state index >= 15 is 0 Å². The molecule has 0 atom stereocenters. The second-order valence-corrected chi connectivity index (χ2v) is 6.89. The number of anilines is 3. The van der Waals surface area contributed by atoms with Crippen molar-refractivity contribution in [3.05, 3.63) is 54.1 Å². The lowest BCUT2D eigenvalue weighted by Gasteiger charge is -2.28. The highest BCUT2D eigenvalue weighted by atomic mass is 19.4. The lowest BCUT2D eigenvalue weighted by Crippen LogP contribution is -2.29. The van der Waals surface area contributed by atoms with E-state index in [1.807, 2.05) is 12.1 Å². The van der Waals surface area contributed by atoms with Crippen molar-refractivity contribution in [2.75, 3.05) is 35.2 Å². The summed E-state index contributed by atoms with van der Waals surface area (Å²) in [6, 6.07) is 12.6. The predicted molar refractivity (Wildman–Crippen MR) is 106 cm³/mol. The number of nitrogens with zero attached hydrogens (tertiary/aromatic N) is 1. The van der Waals surface area contributed by atoms with Crippen molar-refractivity contribution >= 4 is 23.0 Å². The van der Waals surface area contributed by atoms with Crippen LogP contribution in [0.4, 0.5) is 30.2 Å². The fraction of sp³-hybridized carbons (Fsp3) is 0.381. The number of hydrogen-bond donors (Lipinski definition) is 2. The molecule has 28 heavy (non-hydrogen) atoms. The molecule has 2 aromatic carbocycles. The summed E-state index contributed by atoms with van der Waals surface area (Å²) in [4.78, 5) is 14.3. The van der Waals surface area contributed by atoms with Crippen LogP contribution in [0.25, 0.3) is 0 Å². The summed E-state index contributed by atoms with van der Waals surface area (Å²) in [7, 11) is 0.